The van der Waals surface area contributed by atoms with Crippen LogP contribution in [0.2, 0.25) is 0 Å². The molecule has 17 heteroatoms. The minimum Gasteiger partial charge on any atom is -0.491 e. The SMILES string of the molecule is CCN(c1cc(-c2ccc(OCCOCCOCC(=O)N[C@H](C(=O)N3C[C@H](O)C[C@H]3C(=O)NCc3ccc(-c4scnc4C)cc3)C(C)(C)C)cc2)cc(C(O)NCC2=C(C)C=C(C)CC2=O)c1C)C1CCOCC1. The van der Waals surface area contributed by atoms with E-state index in [0.717, 1.165) is 80.2 Å². The molecule has 2 aliphatic heterocycles. The van der Waals surface area contributed by atoms with Crippen LogP contribution in [0.3, 0.4) is 0 Å². The van der Waals surface area contributed by atoms with Gasteiger partial charge < -0.3 is 49.6 Å². The van der Waals surface area contributed by atoms with Gasteiger partial charge in [0.25, 0.3) is 0 Å². The molecule has 0 radical (unpaired) electrons. The Hall–Kier alpha value is -5.79. The number of carbonyl (C=O) groups excluding carboxylic acids is 4. The van der Waals surface area contributed by atoms with Crippen LogP contribution in [0.4, 0.5) is 5.69 Å². The Balaban J connectivity index is 0.865. The molecule has 16 nitrogen and oxygen atoms in total. The van der Waals surface area contributed by atoms with Crippen LogP contribution in [0.5, 0.6) is 5.75 Å². The molecule has 1 aromatic heterocycles. The van der Waals surface area contributed by atoms with Gasteiger partial charge in [-0.1, -0.05) is 68.8 Å². The van der Waals surface area contributed by atoms with E-state index in [1.165, 1.54) is 4.90 Å². The van der Waals surface area contributed by atoms with E-state index in [1.54, 1.807) is 11.3 Å². The van der Waals surface area contributed by atoms with Gasteiger partial charge in [0.15, 0.2) is 5.78 Å². The molecule has 4 aromatic rings. The topological polar surface area (TPSA) is 201 Å². The first-order valence-corrected chi connectivity index (χ1v) is 27.0. The Bertz CT molecular complexity index is 2670. The largest absolute Gasteiger partial charge is 0.491 e. The molecule has 2 saturated heterocycles. The summed E-state index contributed by atoms with van der Waals surface area (Å²) in [6.07, 6.45) is 2.47. The summed E-state index contributed by atoms with van der Waals surface area (Å²) in [5, 5.41) is 31.3. The number of Topliss-reactive ketones (excluding diaryl/α,β-unsaturated/α-hetero) is 1. The summed E-state index contributed by atoms with van der Waals surface area (Å²) in [5.74, 6) is -0.579. The summed E-state index contributed by atoms with van der Waals surface area (Å²) in [5.41, 5.74) is 11.3. The van der Waals surface area contributed by atoms with E-state index in [-0.39, 0.29) is 70.8 Å². The number of hydrogen-bond donors (Lipinski definition) is 5. The number of allylic oxidation sites excluding steroid dienone is 3. The fraction of sp³-hybridized carbons (Fsp3) is 0.500. The van der Waals surface area contributed by atoms with Gasteiger partial charge in [-0.25, -0.2) is 4.98 Å². The van der Waals surface area contributed by atoms with E-state index < -0.39 is 41.6 Å². The molecular formula is C58H76N6O10S. The Morgan fingerprint density at radius 3 is 2.28 bits per heavy atom. The van der Waals surface area contributed by atoms with Crippen LogP contribution in [-0.4, -0.2) is 134 Å². The lowest BCUT2D eigenvalue weighted by Crippen LogP contribution is -2.58. The maximum atomic E-state index is 14.0. The highest BCUT2D eigenvalue weighted by Crippen LogP contribution is 2.37. The second kappa shape index (κ2) is 26.3. The molecule has 404 valence electrons. The predicted octanol–water partition coefficient (Wildman–Crippen LogP) is 7.14. The van der Waals surface area contributed by atoms with Gasteiger partial charge in [-0.3, -0.25) is 24.5 Å². The van der Waals surface area contributed by atoms with Gasteiger partial charge in [0.2, 0.25) is 17.7 Å². The first-order chi connectivity index (χ1) is 35.9. The first kappa shape index (κ1) is 56.9. The summed E-state index contributed by atoms with van der Waals surface area (Å²) in [6.45, 7) is 18.9. The van der Waals surface area contributed by atoms with Crippen LogP contribution in [0.1, 0.15) is 95.8 Å². The number of hydrogen-bond acceptors (Lipinski definition) is 14. The molecule has 3 amide bonds. The highest BCUT2D eigenvalue weighted by atomic mass is 32.1. The number of likely N-dealkylation sites (tertiary alicyclic amines) is 1. The molecule has 1 unspecified atom stereocenters. The quantitative estimate of drug-likeness (QED) is 0.0371. The van der Waals surface area contributed by atoms with Crippen LogP contribution in [0, 0.1) is 19.3 Å². The second-order valence-corrected chi connectivity index (χ2v) is 21.7. The third-order valence-corrected chi connectivity index (χ3v) is 15.2. The fourth-order valence-corrected chi connectivity index (χ4v) is 10.9. The lowest BCUT2D eigenvalue weighted by molar-refractivity contribution is -0.144. The number of benzene rings is 3. The smallest absolute Gasteiger partial charge is 0.246 e. The zero-order valence-electron chi connectivity index (χ0n) is 44.8. The summed E-state index contributed by atoms with van der Waals surface area (Å²) >= 11 is 1.57. The van der Waals surface area contributed by atoms with E-state index in [4.69, 9.17) is 18.9 Å². The Morgan fingerprint density at radius 2 is 1.61 bits per heavy atom. The molecule has 5 N–H and O–H groups in total. The number of β-amino-alcohol motifs (C(OH)–C–C–N with tert-alkyl or cyclic N) is 1. The average molecular weight is 1050 g/mol. The lowest BCUT2D eigenvalue weighted by Gasteiger charge is -2.37. The van der Waals surface area contributed by atoms with Gasteiger partial charge in [-0.2, -0.15) is 0 Å². The number of anilines is 1. The van der Waals surface area contributed by atoms with Gasteiger partial charge in [0.1, 0.15) is 37.3 Å². The van der Waals surface area contributed by atoms with Crippen molar-refractivity contribution < 1.29 is 48.3 Å². The Labute approximate surface area is 445 Å². The van der Waals surface area contributed by atoms with Gasteiger partial charge in [0.05, 0.1) is 42.0 Å². The van der Waals surface area contributed by atoms with Crippen molar-refractivity contribution in [3.05, 3.63) is 111 Å². The zero-order chi connectivity index (χ0) is 53.8. The molecule has 3 heterocycles. The number of aryl methyl sites for hydroxylation is 1. The molecule has 75 heavy (non-hydrogen) atoms. The van der Waals surface area contributed by atoms with Crippen LogP contribution >= 0.6 is 11.3 Å². The van der Waals surface area contributed by atoms with Crippen LogP contribution in [-0.2, 0) is 39.9 Å². The van der Waals surface area contributed by atoms with E-state index in [0.29, 0.717) is 37.0 Å². The number of nitrogens with zero attached hydrogens (tertiary/aromatic N) is 3. The molecule has 0 spiro atoms. The van der Waals surface area contributed by atoms with Crippen LogP contribution < -0.4 is 25.6 Å². The van der Waals surface area contributed by atoms with Crippen molar-refractivity contribution in [2.75, 3.05) is 70.8 Å². The summed E-state index contributed by atoms with van der Waals surface area (Å²) in [4.78, 5) is 62.8. The number of nitrogens with one attached hydrogen (secondary N) is 3. The molecule has 3 aromatic carbocycles. The van der Waals surface area contributed by atoms with Crippen molar-refractivity contribution in [3.63, 3.8) is 0 Å². The molecule has 0 saturated carbocycles. The molecule has 7 rings (SSSR count). The number of ketones is 1. The molecule has 1 aliphatic carbocycles. The second-order valence-electron chi connectivity index (χ2n) is 20.9. The summed E-state index contributed by atoms with van der Waals surface area (Å²) in [6, 6.07) is 18.3. The van der Waals surface area contributed by atoms with Crippen molar-refractivity contribution >= 4 is 40.5 Å². The number of aliphatic hydroxyl groups is 2. The van der Waals surface area contributed by atoms with Crippen molar-refractivity contribution in [1.82, 2.24) is 25.8 Å². The number of ether oxygens (including phenoxy) is 4. The third-order valence-electron chi connectivity index (χ3n) is 14.2. The number of aromatic nitrogens is 1. The lowest BCUT2D eigenvalue weighted by atomic mass is 9.85. The molecule has 2 fully saturated rings. The van der Waals surface area contributed by atoms with Crippen molar-refractivity contribution in [2.45, 2.75) is 118 Å². The van der Waals surface area contributed by atoms with Crippen molar-refractivity contribution in [1.29, 1.82) is 0 Å². The number of rotatable bonds is 23. The first-order valence-electron chi connectivity index (χ1n) is 26.2. The molecule has 0 bridgehead atoms. The van der Waals surface area contributed by atoms with E-state index in [1.807, 2.05) is 108 Å². The summed E-state index contributed by atoms with van der Waals surface area (Å²) in [7, 11) is 0. The monoisotopic (exact) mass is 1050 g/mol. The number of carbonyl (C=O) groups is 4. The Kier molecular flexibility index (Phi) is 20.0. The van der Waals surface area contributed by atoms with E-state index >= 15 is 0 Å². The van der Waals surface area contributed by atoms with Crippen LogP contribution in [0.15, 0.2) is 89.0 Å². The maximum Gasteiger partial charge on any atom is 0.246 e. The highest BCUT2D eigenvalue weighted by Gasteiger charge is 2.44. The maximum absolute atomic E-state index is 14.0. The minimum absolute atomic E-state index is 0.0250. The predicted molar refractivity (Wildman–Crippen MR) is 291 cm³/mol. The molecule has 3 aliphatic rings. The number of amides is 3. The van der Waals surface area contributed by atoms with Gasteiger partial charge in [-0.15, -0.1) is 11.3 Å². The Morgan fingerprint density at radius 1 is 0.920 bits per heavy atom. The normalized spacial score (nSPS) is 18.2. The average Bonchev–Trinajstić information content (AvgIpc) is 4.01. The van der Waals surface area contributed by atoms with Gasteiger partial charge in [-0.05, 0) is 111 Å². The minimum atomic E-state index is -1.01. The van der Waals surface area contributed by atoms with Crippen LogP contribution in [0.25, 0.3) is 21.6 Å². The fourth-order valence-electron chi connectivity index (χ4n) is 10.1. The van der Waals surface area contributed by atoms with Gasteiger partial charge >= 0.3 is 0 Å². The highest BCUT2D eigenvalue weighted by molar-refractivity contribution is 7.13. The summed E-state index contributed by atoms with van der Waals surface area (Å²) < 4.78 is 23.0. The van der Waals surface area contributed by atoms with Crippen molar-refractivity contribution in [3.8, 4) is 27.3 Å². The van der Waals surface area contributed by atoms with Crippen molar-refractivity contribution in [2.24, 2.45) is 5.41 Å². The zero-order valence-corrected chi connectivity index (χ0v) is 45.6. The third kappa shape index (κ3) is 15.0. The van der Waals surface area contributed by atoms with E-state index in [9.17, 15) is 29.4 Å². The number of aliphatic hydroxyl groups excluding tert-OH is 2. The van der Waals surface area contributed by atoms with Gasteiger partial charge in [0, 0.05) is 75.1 Å². The standard InChI is InChI=1S/C58H76N6O10S/c1-9-63(44-18-20-71-21-19-44)49-29-43(28-47(38(49)4)55(68)60-32-48-37(3)26-36(2)27-51(48)66)41-14-16-46(17-15-41)74-25-24-72-22-23-73-34-52(67)62-54(58(6,7)8)57(70)64-33-45(65)30-50(64)56(69)59-31-40-10-12-42(13-11-40)53-39(5)61-35-75-53/h10-17,26,28-29,35,44-45,50,54-55,60,65,68H,9,18-25,27,30-34H2,1-8H3,(H,59,69)(H,62,67)/t45-,50+,54-,55?/m1/s1. The number of thiazole rings is 1. The molecular weight excluding hydrogens is 973 g/mol. The van der Waals surface area contributed by atoms with E-state index in [2.05, 4.69) is 45.7 Å². The molecule has 4 atom stereocenters.